The van der Waals surface area contributed by atoms with Gasteiger partial charge in [-0.3, -0.25) is 0 Å². The first-order valence-corrected chi connectivity index (χ1v) is 7.77. The molecule has 0 N–H and O–H groups in total. The summed E-state index contributed by atoms with van der Waals surface area (Å²) in [5, 5.41) is 0. The van der Waals surface area contributed by atoms with Crippen molar-refractivity contribution in [3.8, 4) is 0 Å². The number of rotatable bonds is 3. The molecular weight excluding hydrogens is 263 g/mol. The number of hydrogen-bond donors (Lipinski definition) is 0. The first kappa shape index (κ1) is 12.4. The molecule has 1 unspecified atom stereocenters. The second kappa shape index (κ2) is 4.46. The molecule has 1 aliphatic carbocycles. The van der Waals surface area contributed by atoms with Crippen LogP contribution in [0.2, 0.25) is 0 Å². The molecule has 0 saturated carbocycles. The van der Waals surface area contributed by atoms with Crippen molar-refractivity contribution in [3.63, 3.8) is 0 Å². The first-order valence-electron chi connectivity index (χ1n) is 6.12. The van der Waals surface area contributed by atoms with E-state index in [9.17, 15) is 12.8 Å². The molecule has 2 aromatic rings. The van der Waals surface area contributed by atoms with Crippen LogP contribution in [0.15, 0.2) is 53.4 Å². The minimum absolute atomic E-state index is 0.0319. The average Bonchev–Trinajstić information content (AvgIpc) is 2.36. The summed E-state index contributed by atoms with van der Waals surface area (Å²) in [7, 11) is -3.43. The van der Waals surface area contributed by atoms with Crippen LogP contribution in [-0.4, -0.2) is 14.2 Å². The Labute approximate surface area is 111 Å². The fourth-order valence-electron chi connectivity index (χ4n) is 2.53. The maximum absolute atomic E-state index is 13.1. The highest BCUT2D eigenvalue weighted by Gasteiger charge is 2.30. The monoisotopic (exact) mass is 276 g/mol. The van der Waals surface area contributed by atoms with E-state index in [1.165, 1.54) is 23.8 Å². The van der Waals surface area contributed by atoms with Crippen molar-refractivity contribution >= 4 is 9.84 Å². The van der Waals surface area contributed by atoms with Crippen molar-refractivity contribution in [3.05, 3.63) is 65.5 Å². The van der Waals surface area contributed by atoms with Gasteiger partial charge in [-0.2, -0.15) is 0 Å². The minimum atomic E-state index is -3.43. The van der Waals surface area contributed by atoms with E-state index in [1.807, 2.05) is 24.3 Å². The predicted octanol–water partition coefficient (Wildman–Crippen LogP) is 2.94. The van der Waals surface area contributed by atoms with Gasteiger partial charge in [-0.1, -0.05) is 30.3 Å². The standard InChI is InChI=1S/C15H13FO2S/c16-13-5-3-6-14(9-13)19(17,18)10-12-8-11-4-1-2-7-15(11)12/h1-7,9,12H,8,10H2. The van der Waals surface area contributed by atoms with Crippen LogP contribution in [0.5, 0.6) is 0 Å². The zero-order valence-corrected chi connectivity index (χ0v) is 11.0. The van der Waals surface area contributed by atoms with Gasteiger partial charge in [0.1, 0.15) is 5.82 Å². The topological polar surface area (TPSA) is 34.1 Å². The second-order valence-corrected chi connectivity index (χ2v) is 6.87. The molecule has 0 amide bonds. The van der Waals surface area contributed by atoms with E-state index in [2.05, 4.69) is 0 Å². The smallest absolute Gasteiger partial charge is 0.179 e. The maximum Gasteiger partial charge on any atom is 0.179 e. The Morgan fingerprint density at radius 2 is 1.89 bits per heavy atom. The summed E-state index contributed by atoms with van der Waals surface area (Å²) in [6, 6.07) is 13.1. The Bertz CT molecular complexity index is 722. The molecule has 2 aromatic carbocycles. The highest BCUT2D eigenvalue weighted by atomic mass is 32.2. The predicted molar refractivity (Wildman–Crippen MR) is 71.3 cm³/mol. The number of fused-ring (bicyclic) bond motifs is 1. The molecule has 19 heavy (non-hydrogen) atoms. The van der Waals surface area contributed by atoms with Crippen LogP contribution >= 0.6 is 0 Å². The van der Waals surface area contributed by atoms with E-state index in [-0.39, 0.29) is 16.6 Å². The van der Waals surface area contributed by atoms with E-state index >= 15 is 0 Å². The summed E-state index contributed by atoms with van der Waals surface area (Å²) < 4.78 is 37.6. The van der Waals surface area contributed by atoms with E-state index in [1.54, 1.807) is 0 Å². The van der Waals surface area contributed by atoms with Gasteiger partial charge >= 0.3 is 0 Å². The summed E-state index contributed by atoms with van der Waals surface area (Å²) >= 11 is 0. The quantitative estimate of drug-likeness (QED) is 0.863. The van der Waals surface area contributed by atoms with Gasteiger partial charge in [0.05, 0.1) is 10.6 Å². The first-order chi connectivity index (χ1) is 9.06. The largest absolute Gasteiger partial charge is 0.224 e. The van der Waals surface area contributed by atoms with E-state index < -0.39 is 15.7 Å². The fraction of sp³-hybridized carbons (Fsp3) is 0.200. The third-order valence-corrected chi connectivity index (χ3v) is 5.35. The lowest BCUT2D eigenvalue weighted by Gasteiger charge is -2.29. The van der Waals surface area contributed by atoms with Gasteiger partial charge in [0.25, 0.3) is 0 Å². The summed E-state index contributed by atoms with van der Waals surface area (Å²) in [5.41, 5.74) is 2.31. The van der Waals surface area contributed by atoms with Gasteiger partial charge in [0.2, 0.25) is 0 Å². The van der Waals surface area contributed by atoms with Gasteiger partial charge in [-0.15, -0.1) is 0 Å². The van der Waals surface area contributed by atoms with Crippen LogP contribution in [0.25, 0.3) is 0 Å². The normalized spacial score (nSPS) is 17.6. The number of sulfone groups is 1. The van der Waals surface area contributed by atoms with Gasteiger partial charge in [0.15, 0.2) is 9.84 Å². The van der Waals surface area contributed by atoms with Crippen LogP contribution in [0.4, 0.5) is 4.39 Å². The summed E-state index contributed by atoms with van der Waals surface area (Å²) in [6.45, 7) is 0. The van der Waals surface area contributed by atoms with E-state index in [0.717, 1.165) is 18.1 Å². The minimum Gasteiger partial charge on any atom is -0.224 e. The number of halogens is 1. The van der Waals surface area contributed by atoms with Gasteiger partial charge in [-0.25, -0.2) is 12.8 Å². The fourth-order valence-corrected chi connectivity index (χ4v) is 4.13. The van der Waals surface area contributed by atoms with Gasteiger partial charge in [0, 0.05) is 5.92 Å². The van der Waals surface area contributed by atoms with Gasteiger partial charge in [-0.05, 0) is 35.7 Å². The summed E-state index contributed by atoms with van der Waals surface area (Å²) in [4.78, 5) is 0.0666. The number of hydrogen-bond acceptors (Lipinski definition) is 2. The lowest BCUT2D eigenvalue weighted by atomic mass is 9.79. The highest BCUT2D eigenvalue weighted by molar-refractivity contribution is 7.91. The average molecular weight is 276 g/mol. The molecule has 0 aliphatic heterocycles. The molecule has 1 atom stereocenters. The van der Waals surface area contributed by atoms with Crippen LogP contribution in [0.3, 0.4) is 0 Å². The van der Waals surface area contributed by atoms with Gasteiger partial charge < -0.3 is 0 Å². The molecule has 0 saturated heterocycles. The summed E-state index contributed by atoms with van der Waals surface area (Å²) in [6.07, 6.45) is 0.782. The Hall–Kier alpha value is -1.68. The van der Waals surface area contributed by atoms with Crippen molar-refractivity contribution in [2.75, 3.05) is 5.75 Å². The number of benzene rings is 2. The van der Waals surface area contributed by atoms with E-state index in [0.29, 0.717) is 0 Å². The second-order valence-electron chi connectivity index (χ2n) is 4.84. The molecule has 4 heteroatoms. The van der Waals surface area contributed by atoms with Crippen LogP contribution in [-0.2, 0) is 16.3 Å². The Balaban J connectivity index is 1.85. The highest BCUT2D eigenvalue weighted by Crippen LogP contribution is 2.36. The van der Waals surface area contributed by atoms with Crippen molar-refractivity contribution in [2.24, 2.45) is 0 Å². The lowest BCUT2D eigenvalue weighted by Crippen LogP contribution is -2.25. The molecular formula is C15H13FO2S. The third kappa shape index (κ3) is 2.28. The Kier molecular flexibility index (Phi) is 2.90. The molecule has 2 nitrogen and oxygen atoms in total. The van der Waals surface area contributed by atoms with Crippen LogP contribution < -0.4 is 0 Å². The maximum atomic E-state index is 13.1. The van der Waals surface area contributed by atoms with Crippen molar-refractivity contribution in [2.45, 2.75) is 17.2 Å². The molecule has 0 radical (unpaired) electrons. The Morgan fingerprint density at radius 1 is 1.11 bits per heavy atom. The lowest BCUT2D eigenvalue weighted by molar-refractivity contribution is 0.574. The van der Waals surface area contributed by atoms with Crippen molar-refractivity contribution in [1.82, 2.24) is 0 Å². The molecule has 1 aliphatic rings. The summed E-state index contributed by atoms with van der Waals surface area (Å²) in [5.74, 6) is -0.437. The van der Waals surface area contributed by atoms with Crippen LogP contribution in [0, 0.1) is 5.82 Å². The molecule has 0 bridgehead atoms. The molecule has 0 spiro atoms. The van der Waals surface area contributed by atoms with Crippen molar-refractivity contribution < 1.29 is 12.8 Å². The van der Waals surface area contributed by atoms with Crippen molar-refractivity contribution in [1.29, 1.82) is 0 Å². The zero-order chi connectivity index (χ0) is 13.5. The zero-order valence-electron chi connectivity index (χ0n) is 10.2. The third-order valence-electron chi connectivity index (χ3n) is 3.54. The molecule has 3 rings (SSSR count). The molecule has 0 aromatic heterocycles. The molecule has 0 heterocycles. The SMILES string of the molecule is O=S(=O)(CC1Cc2ccccc21)c1cccc(F)c1. The molecule has 98 valence electrons. The molecule has 0 fully saturated rings. The Morgan fingerprint density at radius 3 is 2.63 bits per heavy atom. The van der Waals surface area contributed by atoms with E-state index in [4.69, 9.17) is 0 Å². The van der Waals surface area contributed by atoms with Crippen LogP contribution in [0.1, 0.15) is 17.0 Å².